The Labute approximate surface area is 118 Å². The fourth-order valence-corrected chi connectivity index (χ4v) is 4.31. The zero-order chi connectivity index (χ0) is 14.2. The Morgan fingerprint density at radius 2 is 2.00 bits per heavy atom. The van der Waals surface area contributed by atoms with Crippen LogP contribution in [0.15, 0.2) is 4.90 Å². The second kappa shape index (κ2) is 5.26. The third-order valence-electron chi connectivity index (χ3n) is 3.50. The molecule has 0 bridgehead atoms. The summed E-state index contributed by atoms with van der Waals surface area (Å²) in [4.78, 5) is 2.11. The van der Waals surface area contributed by atoms with Crippen LogP contribution in [0.25, 0.3) is 0 Å². The molecule has 0 amide bonds. The lowest BCUT2D eigenvalue weighted by atomic mass is 9.85. The first-order valence-corrected chi connectivity index (χ1v) is 8.44. The van der Waals surface area contributed by atoms with Gasteiger partial charge in [-0.1, -0.05) is 6.42 Å². The highest BCUT2D eigenvalue weighted by Crippen LogP contribution is 2.37. The van der Waals surface area contributed by atoms with Crippen LogP contribution in [-0.2, 0) is 10.0 Å². The molecule has 1 aliphatic rings. The molecule has 0 aliphatic heterocycles. The third kappa shape index (κ3) is 2.70. The molecule has 0 saturated heterocycles. The molecule has 1 aromatic heterocycles. The van der Waals surface area contributed by atoms with Crippen molar-refractivity contribution in [2.24, 2.45) is 5.92 Å². The fourth-order valence-electron chi connectivity index (χ4n) is 2.10. The zero-order valence-electron chi connectivity index (χ0n) is 11.5. The summed E-state index contributed by atoms with van der Waals surface area (Å²) in [6, 6.07) is 0. The van der Waals surface area contributed by atoms with E-state index in [-0.39, 0.29) is 10.7 Å². The summed E-state index contributed by atoms with van der Waals surface area (Å²) in [5.74, 6) is 0.748. The highest BCUT2D eigenvalue weighted by molar-refractivity contribution is 7.89. The average Bonchev–Trinajstić information content (AvgIpc) is 2.65. The van der Waals surface area contributed by atoms with E-state index in [9.17, 15) is 8.42 Å². The van der Waals surface area contributed by atoms with E-state index in [1.807, 2.05) is 11.9 Å². The molecule has 2 N–H and O–H groups in total. The van der Waals surface area contributed by atoms with Gasteiger partial charge in [0, 0.05) is 27.7 Å². The van der Waals surface area contributed by atoms with Crippen molar-refractivity contribution >= 4 is 32.4 Å². The summed E-state index contributed by atoms with van der Waals surface area (Å²) in [7, 11) is 1.36. The maximum atomic E-state index is 12.3. The lowest BCUT2D eigenvalue weighted by Gasteiger charge is -2.30. The maximum Gasteiger partial charge on any atom is 0.249 e. The largest absolute Gasteiger partial charge is 0.382 e. The smallest absolute Gasteiger partial charge is 0.249 e. The molecule has 1 fully saturated rings. The molecule has 0 radical (unpaired) electrons. The highest BCUT2D eigenvalue weighted by Gasteiger charge is 2.30. The number of hydrogen-bond acceptors (Lipinski definition) is 6. The van der Waals surface area contributed by atoms with E-state index in [1.165, 1.54) is 37.7 Å². The molecule has 0 aromatic carbocycles. The Hall–Kier alpha value is -0.860. The average molecular weight is 304 g/mol. The van der Waals surface area contributed by atoms with Gasteiger partial charge in [0.15, 0.2) is 10.7 Å². The van der Waals surface area contributed by atoms with Gasteiger partial charge in [-0.2, -0.15) is 4.37 Å². The topological polar surface area (TPSA) is 79.5 Å². The number of hydrogen-bond donors (Lipinski definition) is 1. The van der Waals surface area contributed by atoms with Gasteiger partial charge in [0.25, 0.3) is 0 Å². The highest BCUT2D eigenvalue weighted by atomic mass is 32.2. The van der Waals surface area contributed by atoms with Crippen LogP contribution in [0.4, 0.5) is 10.8 Å². The Morgan fingerprint density at radius 3 is 2.47 bits per heavy atom. The molecular weight excluding hydrogens is 284 g/mol. The van der Waals surface area contributed by atoms with E-state index < -0.39 is 10.0 Å². The van der Waals surface area contributed by atoms with Gasteiger partial charge in [0.2, 0.25) is 10.0 Å². The van der Waals surface area contributed by atoms with Gasteiger partial charge in [-0.3, -0.25) is 0 Å². The SMILES string of the molecule is CN(CC1CCC1)c1snc(N)c1S(=O)(=O)N(C)C. The first kappa shape index (κ1) is 14.5. The minimum atomic E-state index is -3.55. The molecule has 1 heterocycles. The van der Waals surface area contributed by atoms with Gasteiger partial charge in [-0.15, -0.1) is 0 Å². The molecule has 0 atom stereocenters. The van der Waals surface area contributed by atoms with Crippen molar-refractivity contribution in [2.75, 3.05) is 38.3 Å². The van der Waals surface area contributed by atoms with Crippen molar-refractivity contribution < 1.29 is 8.42 Å². The van der Waals surface area contributed by atoms with Gasteiger partial charge in [0.1, 0.15) is 5.00 Å². The van der Waals surface area contributed by atoms with Crippen molar-refractivity contribution in [1.82, 2.24) is 8.68 Å². The summed E-state index contributed by atoms with van der Waals surface area (Å²) < 4.78 is 29.8. The van der Waals surface area contributed by atoms with E-state index in [0.717, 1.165) is 18.1 Å². The van der Waals surface area contributed by atoms with Crippen molar-refractivity contribution in [3.05, 3.63) is 0 Å². The zero-order valence-corrected chi connectivity index (χ0v) is 13.1. The minimum Gasteiger partial charge on any atom is -0.382 e. The van der Waals surface area contributed by atoms with Crippen LogP contribution in [0.1, 0.15) is 19.3 Å². The standard InChI is InChI=1S/C11H20N4O2S2/c1-14(2)19(16,17)9-10(12)13-18-11(9)15(3)7-8-5-4-6-8/h8H,4-7H2,1-3H3,(H2,12,13). The first-order chi connectivity index (χ1) is 8.84. The number of nitrogens with two attached hydrogens (primary N) is 1. The van der Waals surface area contributed by atoms with Gasteiger partial charge in [-0.05, 0) is 30.3 Å². The summed E-state index contributed by atoms with van der Waals surface area (Å²) in [6.07, 6.45) is 3.70. The number of aromatic nitrogens is 1. The Balaban J connectivity index is 2.31. The van der Waals surface area contributed by atoms with E-state index in [0.29, 0.717) is 10.9 Å². The Bertz CT molecular complexity index is 549. The van der Waals surface area contributed by atoms with E-state index in [1.54, 1.807) is 0 Å². The van der Waals surface area contributed by atoms with Crippen LogP contribution in [-0.4, -0.2) is 44.8 Å². The third-order valence-corrected chi connectivity index (χ3v) is 6.49. The minimum absolute atomic E-state index is 0.0918. The lowest BCUT2D eigenvalue weighted by Crippen LogP contribution is -2.31. The molecule has 108 valence electrons. The molecule has 2 rings (SSSR count). The van der Waals surface area contributed by atoms with Crippen molar-refractivity contribution in [3.63, 3.8) is 0 Å². The summed E-state index contributed by atoms with van der Waals surface area (Å²) in [5, 5.41) is 0.637. The molecule has 0 unspecified atom stereocenters. The molecule has 1 aliphatic carbocycles. The predicted molar refractivity (Wildman–Crippen MR) is 78.0 cm³/mol. The van der Waals surface area contributed by atoms with E-state index in [4.69, 9.17) is 5.73 Å². The Kier molecular flexibility index (Phi) is 4.03. The summed E-state index contributed by atoms with van der Waals surface area (Å²) in [5.41, 5.74) is 5.75. The van der Waals surface area contributed by atoms with Crippen LogP contribution >= 0.6 is 11.5 Å². The number of sulfonamides is 1. The monoisotopic (exact) mass is 304 g/mol. The molecular formula is C11H20N4O2S2. The van der Waals surface area contributed by atoms with Crippen LogP contribution in [0.5, 0.6) is 0 Å². The van der Waals surface area contributed by atoms with Crippen molar-refractivity contribution in [3.8, 4) is 0 Å². The molecule has 19 heavy (non-hydrogen) atoms. The number of rotatable bonds is 5. The van der Waals surface area contributed by atoms with Crippen LogP contribution < -0.4 is 10.6 Å². The van der Waals surface area contributed by atoms with Gasteiger partial charge in [-0.25, -0.2) is 12.7 Å². The quantitative estimate of drug-likeness (QED) is 0.884. The predicted octanol–water partition coefficient (Wildman–Crippen LogP) is 1.21. The lowest BCUT2D eigenvalue weighted by molar-refractivity contribution is 0.321. The molecule has 1 aromatic rings. The second-order valence-corrected chi connectivity index (χ2v) is 8.01. The second-order valence-electron chi connectivity index (χ2n) is 5.17. The van der Waals surface area contributed by atoms with Gasteiger partial charge < -0.3 is 10.6 Å². The van der Waals surface area contributed by atoms with E-state index in [2.05, 4.69) is 4.37 Å². The first-order valence-electron chi connectivity index (χ1n) is 6.23. The number of anilines is 2. The number of nitrogens with zero attached hydrogens (tertiary/aromatic N) is 3. The Morgan fingerprint density at radius 1 is 1.37 bits per heavy atom. The van der Waals surface area contributed by atoms with Crippen LogP contribution in [0.2, 0.25) is 0 Å². The van der Waals surface area contributed by atoms with Crippen LogP contribution in [0.3, 0.4) is 0 Å². The fraction of sp³-hybridized carbons (Fsp3) is 0.727. The maximum absolute atomic E-state index is 12.3. The molecule has 6 nitrogen and oxygen atoms in total. The summed E-state index contributed by atoms with van der Waals surface area (Å²) >= 11 is 1.15. The van der Waals surface area contributed by atoms with E-state index >= 15 is 0 Å². The molecule has 8 heteroatoms. The normalized spacial score (nSPS) is 16.6. The summed E-state index contributed by atoms with van der Waals surface area (Å²) in [6.45, 7) is 0.859. The molecule has 0 spiro atoms. The van der Waals surface area contributed by atoms with Crippen molar-refractivity contribution in [2.45, 2.75) is 24.2 Å². The molecule has 1 saturated carbocycles. The van der Waals surface area contributed by atoms with Gasteiger partial charge >= 0.3 is 0 Å². The van der Waals surface area contributed by atoms with Crippen molar-refractivity contribution in [1.29, 1.82) is 0 Å². The van der Waals surface area contributed by atoms with Gasteiger partial charge in [0.05, 0.1) is 0 Å². The van der Waals surface area contributed by atoms with Crippen LogP contribution in [0, 0.1) is 5.92 Å². The number of nitrogen functional groups attached to an aromatic ring is 1.